The molecule has 1 spiro atoms. The fourth-order valence-electron chi connectivity index (χ4n) is 7.20. The van der Waals surface area contributed by atoms with Crippen LogP contribution in [0.2, 0.25) is 0 Å². The predicted molar refractivity (Wildman–Crippen MR) is 180 cm³/mol. The summed E-state index contributed by atoms with van der Waals surface area (Å²) in [6.45, 7) is 5.97. The lowest BCUT2D eigenvalue weighted by molar-refractivity contribution is -0.138. The smallest absolute Gasteiger partial charge is 0.337 e. The number of likely N-dealkylation sites (N-methyl/N-ethyl adjacent to an activating group) is 2. The summed E-state index contributed by atoms with van der Waals surface area (Å²) in [6.07, 6.45) is 8.69. The van der Waals surface area contributed by atoms with Crippen molar-refractivity contribution in [3.63, 3.8) is 0 Å². The van der Waals surface area contributed by atoms with Crippen LogP contribution in [-0.2, 0) is 27.8 Å². The van der Waals surface area contributed by atoms with Crippen molar-refractivity contribution in [1.29, 1.82) is 0 Å². The van der Waals surface area contributed by atoms with E-state index < -0.39 is 17.4 Å². The minimum absolute atomic E-state index is 0.0360. The zero-order valence-corrected chi connectivity index (χ0v) is 27.2. The SMILES string of the molecule is CC1C(c2ccccc2)CC(N)C(=O)N1CCN(C)CCN(C)C/C=C/c1cnc2c(c1)[C@@]1(Cc3cc(C(=O)O)cnc3C1)C(=O)N2. The Hall–Kier alpha value is -4.45. The van der Waals surface area contributed by atoms with Crippen LogP contribution in [0.25, 0.3) is 6.08 Å². The number of aromatic carboxylic acids is 1. The average Bonchev–Trinajstić information content (AvgIpc) is 3.58. The second kappa shape index (κ2) is 13.3. The van der Waals surface area contributed by atoms with Crippen molar-refractivity contribution in [2.75, 3.05) is 52.1 Å². The summed E-state index contributed by atoms with van der Waals surface area (Å²) in [4.78, 5) is 53.0. The quantitative estimate of drug-likeness (QED) is 0.289. The molecule has 4 atom stereocenters. The number of amides is 2. The van der Waals surface area contributed by atoms with Gasteiger partial charge in [-0.1, -0.05) is 42.5 Å². The Bertz CT molecular complexity index is 1700. The van der Waals surface area contributed by atoms with Gasteiger partial charge < -0.3 is 30.9 Å². The molecule has 2 amide bonds. The van der Waals surface area contributed by atoms with Gasteiger partial charge in [0.25, 0.3) is 0 Å². The van der Waals surface area contributed by atoms with E-state index in [1.807, 2.05) is 35.2 Å². The largest absolute Gasteiger partial charge is 0.478 e. The molecule has 6 rings (SSSR count). The van der Waals surface area contributed by atoms with Gasteiger partial charge in [0.15, 0.2) is 0 Å². The van der Waals surface area contributed by atoms with Crippen molar-refractivity contribution in [3.8, 4) is 0 Å². The van der Waals surface area contributed by atoms with Gasteiger partial charge in [0.1, 0.15) is 5.82 Å². The first kappa shape index (κ1) is 32.5. The van der Waals surface area contributed by atoms with E-state index in [4.69, 9.17) is 5.73 Å². The first-order chi connectivity index (χ1) is 22.6. The Morgan fingerprint density at radius 3 is 2.62 bits per heavy atom. The van der Waals surface area contributed by atoms with E-state index in [1.54, 1.807) is 12.3 Å². The number of hydrogen-bond donors (Lipinski definition) is 3. The number of pyridine rings is 2. The summed E-state index contributed by atoms with van der Waals surface area (Å²) in [6, 6.07) is 13.6. The maximum Gasteiger partial charge on any atom is 0.337 e. The summed E-state index contributed by atoms with van der Waals surface area (Å²) in [5, 5.41) is 12.3. The van der Waals surface area contributed by atoms with Crippen molar-refractivity contribution < 1.29 is 19.5 Å². The molecule has 1 saturated heterocycles. The molecule has 0 bridgehead atoms. The molecule has 11 heteroatoms. The van der Waals surface area contributed by atoms with Crippen LogP contribution < -0.4 is 11.1 Å². The summed E-state index contributed by atoms with van der Waals surface area (Å²) in [7, 11) is 4.16. The number of nitrogens with zero attached hydrogens (tertiary/aromatic N) is 5. The van der Waals surface area contributed by atoms with E-state index in [-0.39, 0.29) is 29.3 Å². The molecule has 3 aromatic rings. The Labute approximate surface area is 275 Å². The van der Waals surface area contributed by atoms with Gasteiger partial charge >= 0.3 is 5.97 Å². The summed E-state index contributed by atoms with van der Waals surface area (Å²) < 4.78 is 0. The number of anilines is 1. The molecule has 2 aliphatic heterocycles. The maximum absolute atomic E-state index is 13.2. The van der Waals surface area contributed by atoms with Crippen LogP contribution in [0, 0.1) is 0 Å². The standard InChI is InChI=1S/C36H43N7O4/c1-23-28(25-9-5-4-6-10-25)18-30(37)33(44)43(23)15-14-42(3)13-12-41(2)11-7-8-24-16-29-32(39-21-24)40-35(47)36(29)19-26-17-27(34(45)46)22-38-31(26)20-36/h4-10,16-17,21-23,28,30H,11-15,18-20,37H2,1-3H3,(H,45,46)(H,39,40,47)/b8-7+/t23?,28?,30?,36-/m0/s1. The molecule has 0 saturated carbocycles. The highest BCUT2D eigenvalue weighted by Crippen LogP contribution is 2.46. The van der Waals surface area contributed by atoms with Gasteiger partial charge in [-0.15, -0.1) is 0 Å². The predicted octanol–water partition coefficient (Wildman–Crippen LogP) is 2.77. The van der Waals surface area contributed by atoms with Gasteiger partial charge in [0.2, 0.25) is 11.8 Å². The van der Waals surface area contributed by atoms with Crippen LogP contribution >= 0.6 is 0 Å². The molecule has 2 aromatic heterocycles. The van der Waals surface area contributed by atoms with E-state index in [2.05, 4.69) is 64.3 Å². The molecule has 1 aliphatic carbocycles. The molecular weight excluding hydrogens is 594 g/mol. The number of benzene rings is 1. The number of fused-ring (bicyclic) bond motifs is 3. The number of nitrogens with one attached hydrogen (secondary N) is 1. The second-order valence-corrected chi connectivity index (χ2v) is 13.3. The number of aromatic nitrogens is 2. The number of piperidine rings is 1. The lowest BCUT2D eigenvalue weighted by atomic mass is 9.79. The minimum Gasteiger partial charge on any atom is -0.478 e. The van der Waals surface area contributed by atoms with Crippen LogP contribution in [-0.4, -0.2) is 106 Å². The summed E-state index contributed by atoms with van der Waals surface area (Å²) >= 11 is 0. The number of likely N-dealkylation sites (tertiary alicyclic amines) is 1. The van der Waals surface area contributed by atoms with E-state index in [0.29, 0.717) is 31.6 Å². The molecule has 0 radical (unpaired) electrons. The Kier molecular flexibility index (Phi) is 9.23. The first-order valence-electron chi connectivity index (χ1n) is 16.2. The van der Waals surface area contributed by atoms with Gasteiger partial charge in [-0.25, -0.2) is 9.78 Å². The maximum atomic E-state index is 13.2. The third-order valence-electron chi connectivity index (χ3n) is 10.1. The van der Waals surface area contributed by atoms with Crippen molar-refractivity contribution in [3.05, 3.63) is 94.4 Å². The van der Waals surface area contributed by atoms with E-state index in [9.17, 15) is 19.5 Å². The number of carbonyl (C=O) groups is 3. The fourth-order valence-corrected chi connectivity index (χ4v) is 7.20. The molecular formula is C36H43N7O4. The Balaban J connectivity index is 1.01. The van der Waals surface area contributed by atoms with E-state index in [1.165, 1.54) is 11.8 Å². The fraction of sp³-hybridized carbons (Fsp3) is 0.417. The van der Waals surface area contributed by atoms with Crippen molar-refractivity contribution in [2.45, 2.75) is 49.6 Å². The Morgan fingerprint density at radius 2 is 1.85 bits per heavy atom. The van der Waals surface area contributed by atoms with Gasteiger partial charge in [-0.2, -0.15) is 0 Å². The molecule has 4 N–H and O–H groups in total. The number of carboxylic acids is 1. The van der Waals surface area contributed by atoms with Gasteiger partial charge in [0, 0.05) is 74.8 Å². The lowest BCUT2D eigenvalue weighted by Crippen LogP contribution is -2.57. The zero-order chi connectivity index (χ0) is 33.3. The number of carbonyl (C=O) groups excluding carboxylic acids is 2. The molecule has 11 nitrogen and oxygen atoms in total. The topological polar surface area (TPSA) is 145 Å². The number of hydrogen-bond acceptors (Lipinski definition) is 8. The van der Waals surface area contributed by atoms with E-state index >= 15 is 0 Å². The first-order valence-corrected chi connectivity index (χ1v) is 16.2. The van der Waals surface area contributed by atoms with Gasteiger partial charge in [-0.3, -0.25) is 14.6 Å². The minimum atomic E-state index is -1.03. The van der Waals surface area contributed by atoms with Crippen molar-refractivity contribution in [1.82, 2.24) is 24.7 Å². The number of rotatable bonds is 11. The van der Waals surface area contributed by atoms with Crippen molar-refractivity contribution in [2.24, 2.45) is 5.73 Å². The van der Waals surface area contributed by atoms with Gasteiger partial charge in [-0.05, 0) is 62.7 Å². The van der Waals surface area contributed by atoms with Crippen LogP contribution in [0.15, 0.2) is 60.9 Å². The molecule has 3 aliphatic rings. The van der Waals surface area contributed by atoms with Crippen LogP contribution in [0.4, 0.5) is 5.82 Å². The highest BCUT2D eigenvalue weighted by Gasteiger charge is 2.52. The second-order valence-electron chi connectivity index (χ2n) is 13.3. The highest BCUT2D eigenvalue weighted by molar-refractivity contribution is 6.06. The summed E-state index contributed by atoms with van der Waals surface area (Å²) in [5.41, 5.74) is 10.1. The number of carboxylic acid groups (broad SMARTS) is 1. The monoisotopic (exact) mass is 637 g/mol. The normalized spacial score (nSPS) is 23.6. The van der Waals surface area contributed by atoms with E-state index in [0.717, 1.165) is 48.6 Å². The third kappa shape index (κ3) is 6.56. The van der Waals surface area contributed by atoms with Gasteiger partial charge in [0.05, 0.1) is 17.0 Å². The molecule has 3 unspecified atom stereocenters. The molecule has 246 valence electrons. The third-order valence-corrected chi connectivity index (χ3v) is 10.1. The molecule has 47 heavy (non-hydrogen) atoms. The molecule has 1 fully saturated rings. The molecule has 4 heterocycles. The Morgan fingerprint density at radius 1 is 1.09 bits per heavy atom. The number of nitrogens with two attached hydrogens (primary N) is 1. The van der Waals surface area contributed by atoms with Crippen LogP contribution in [0.3, 0.4) is 0 Å². The van der Waals surface area contributed by atoms with Crippen LogP contribution in [0.1, 0.15) is 57.6 Å². The van der Waals surface area contributed by atoms with Crippen LogP contribution in [0.5, 0.6) is 0 Å². The molecule has 1 aromatic carbocycles. The summed E-state index contributed by atoms with van der Waals surface area (Å²) in [5.74, 6) is -0.341. The van der Waals surface area contributed by atoms with Crippen molar-refractivity contribution >= 4 is 29.7 Å². The highest BCUT2D eigenvalue weighted by atomic mass is 16.4. The lowest BCUT2D eigenvalue weighted by Gasteiger charge is -2.42. The average molecular weight is 638 g/mol. The zero-order valence-electron chi connectivity index (χ0n) is 27.2.